The van der Waals surface area contributed by atoms with Crippen molar-refractivity contribution in [1.29, 1.82) is 0 Å². The average molecular weight is 284 g/mol. The van der Waals surface area contributed by atoms with Crippen molar-refractivity contribution in [3.8, 4) is 0 Å². The third-order valence-corrected chi connectivity index (χ3v) is 4.44. The standard InChI is InChI=1S/C18H24N2O/c1-20-12-6-5-10-16(20)14-19-18(17-11-7-13-21-17)15-8-3-2-4-9-15/h2-4,7-9,11,13,16,18-19H,5-6,10,12,14H2,1H3. The summed E-state index contributed by atoms with van der Waals surface area (Å²) in [6.45, 7) is 2.21. The van der Waals surface area contributed by atoms with E-state index in [0.29, 0.717) is 6.04 Å². The normalized spacial score (nSPS) is 21.3. The van der Waals surface area contributed by atoms with E-state index < -0.39 is 0 Å². The topological polar surface area (TPSA) is 28.4 Å². The van der Waals surface area contributed by atoms with Gasteiger partial charge in [0.2, 0.25) is 0 Å². The summed E-state index contributed by atoms with van der Waals surface area (Å²) in [6.07, 6.45) is 5.70. The number of nitrogens with one attached hydrogen (secondary N) is 1. The number of rotatable bonds is 5. The second kappa shape index (κ2) is 6.92. The molecule has 3 rings (SSSR count). The molecule has 3 nitrogen and oxygen atoms in total. The first kappa shape index (κ1) is 14.4. The summed E-state index contributed by atoms with van der Waals surface area (Å²) in [4.78, 5) is 2.47. The summed E-state index contributed by atoms with van der Waals surface area (Å²) >= 11 is 0. The first-order valence-corrected chi connectivity index (χ1v) is 7.86. The number of likely N-dealkylation sites (tertiary alicyclic amines) is 1. The molecule has 1 aromatic carbocycles. The van der Waals surface area contributed by atoms with Gasteiger partial charge in [-0.3, -0.25) is 0 Å². The highest BCUT2D eigenvalue weighted by molar-refractivity contribution is 5.26. The molecule has 21 heavy (non-hydrogen) atoms. The van der Waals surface area contributed by atoms with Crippen LogP contribution in [0.15, 0.2) is 53.1 Å². The van der Waals surface area contributed by atoms with Crippen LogP contribution >= 0.6 is 0 Å². The lowest BCUT2D eigenvalue weighted by atomic mass is 10.0. The number of hydrogen-bond donors (Lipinski definition) is 1. The first-order valence-electron chi connectivity index (χ1n) is 7.86. The molecule has 2 atom stereocenters. The molecule has 1 fully saturated rings. The number of likely N-dealkylation sites (N-methyl/N-ethyl adjacent to an activating group) is 1. The molecule has 0 aliphatic carbocycles. The third-order valence-electron chi connectivity index (χ3n) is 4.44. The van der Waals surface area contributed by atoms with Crippen LogP contribution in [-0.2, 0) is 0 Å². The van der Waals surface area contributed by atoms with E-state index in [4.69, 9.17) is 4.42 Å². The van der Waals surface area contributed by atoms with E-state index in [9.17, 15) is 0 Å². The zero-order valence-electron chi connectivity index (χ0n) is 12.7. The Labute approximate surface area is 127 Å². The number of benzene rings is 1. The van der Waals surface area contributed by atoms with Crippen LogP contribution in [0.1, 0.15) is 36.6 Å². The minimum absolute atomic E-state index is 0.136. The van der Waals surface area contributed by atoms with Gasteiger partial charge in [0, 0.05) is 12.6 Å². The predicted octanol–water partition coefficient (Wildman–Crippen LogP) is 3.44. The van der Waals surface area contributed by atoms with Crippen molar-refractivity contribution in [2.24, 2.45) is 0 Å². The molecule has 1 aliphatic rings. The molecule has 1 N–H and O–H groups in total. The van der Waals surface area contributed by atoms with Gasteiger partial charge in [-0.15, -0.1) is 0 Å². The SMILES string of the molecule is CN1CCCCC1CNC(c1ccccc1)c1ccco1. The largest absolute Gasteiger partial charge is 0.467 e. The van der Waals surface area contributed by atoms with Crippen molar-refractivity contribution in [3.05, 3.63) is 60.1 Å². The van der Waals surface area contributed by atoms with Crippen LogP contribution < -0.4 is 5.32 Å². The fraction of sp³-hybridized carbons (Fsp3) is 0.444. The number of nitrogens with zero attached hydrogens (tertiary/aromatic N) is 1. The predicted molar refractivity (Wildman–Crippen MR) is 85.3 cm³/mol. The van der Waals surface area contributed by atoms with Gasteiger partial charge in [0.25, 0.3) is 0 Å². The lowest BCUT2D eigenvalue weighted by Gasteiger charge is -2.33. The van der Waals surface area contributed by atoms with E-state index in [1.54, 1.807) is 6.26 Å². The van der Waals surface area contributed by atoms with Gasteiger partial charge in [-0.1, -0.05) is 36.8 Å². The summed E-state index contributed by atoms with van der Waals surface area (Å²) in [5, 5.41) is 3.70. The Morgan fingerprint density at radius 3 is 2.76 bits per heavy atom. The molecule has 0 bridgehead atoms. The monoisotopic (exact) mass is 284 g/mol. The summed E-state index contributed by atoms with van der Waals surface area (Å²) in [5.74, 6) is 0.986. The fourth-order valence-electron chi connectivity index (χ4n) is 3.14. The van der Waals surface area contributed by atoms with E-state index in [1.165, 1.54) is 31.4 Å². The summed E-state index contributed by atoms with van der Waals surface area (Å²) < 4.78 is 5.64. The van der Waals surface area contributed by atoms with Gasteiger partial charge >= 0.3 is 0 Å². The zero-order valence-corrected chi connectivity index (χ0v) is 12.7. The van der Waals surface area contributed by atoms with Gasteiger partial charge in [0.1, 0.15) is 5.76 Å². The van der Waals surface area contributed by atoms with Crippen LogP contribution in [0.3, 0.4) is 0 Å². The fourth-order valence-corrected chi connectivity index (χ4v) is 3.14. The smallest absolute Gasteiger partial charge is 0.125 e. The van der Waals surface area contributed by atoms with Crippen LogP contribution in [-0.4, -0.2) is 31.1 Å². The van der Waals surface area contributed by atoms with Crippen molar-refractivity contribution in [2.75, 3.05) is 20.1 Å². The highest BCUT2D eigenvalue weighted by atomic mass is 16.3. The van der Waals surface area contributed by atoms with Gasteiger partial charge in [-0.2, -0.15) is 0 Å². The molecule has 0 spiro atoms. The molecule has 1 aromatic heterocycles. The van der Waals surface area contributed by atoms with Crippen LogP contribution in [0.5, 0.6) is 0 Å². The molecule has 2 heterocycles. The molecular weight excluding hydrogens is 260 g/mol. The molecule has 112 valence electrons. The van der Waals surface area contributed by atoms with Crippen LogP contribution in [0.4, 0.5) is 0 Å². The first-order chi connectivity index (χ1) is 10.3. The maximum Gasteiger partial charge on any atom is 0.125 e. The quantitative estimate of drug-likeness (QED) is 0.911. The lowest BCUT2D eigenvalue weighted by Crippen LogP contribution is -2.44. The lowest BCUT2D eigenvalue weighted by molar-refractivity contribution is 0.178. The van der Waals surface area contributed by atoms with Crippen molar-refractivity contribution in [1.82, 2.24) is 10.2 Å². The van der Waals surface area contributed by atoms with E-state index in [-0.39, 0.29) is 6.04 Å². The minimum atomic E-state index is 0.136. The molecule has 2 unspecified atom stereocenters. The maximum atomic E-state index is 5.64. The summed E-state index contributed by atoms with van der Waals surface area (Å²) in [6, 6.07) is 15.3. The van der Waals surface area contributed by atoms with E-state index >= 15 is 0 Å². The second-order valence-electron chi connectivity index (χ2n) is 5.90. The van der Waals surface area contributed by atoms with Crippen molar-refractivity contribution in [3.63, 3.8) is 0 Å². The summed E-state index contributed by atoms with van der Waals surface area (Å²) in [5.41, 5.74) is 1.26. The third kappa shape index (κ3) is 3.55. The molecule has 0 saturated carbocycles. The maximum absolute atomic E-state index is 5.64. The Bertz CT molecular complexity index is 523. The summed E-state index contributed by atoms with van der Waals surface area (Å²) in [7, 11) is 2.23. The Morgan fingerprint density at radius 1 is 1.19 bits per heavy atom. The highest BCUT2D eigenvalue weighted by Gasteiger charge is 2.22. The zero-order chi connectivity index (χ0) is 14.5. The van der Waals surface area contributed by atoms with E-state index in [2.05, 4.69) is 53.7 Å². The molecule has 2 aromatic rings. The van der Waals surface area contributed by atoms with E-state index in [1.807, 2.05) is 6.07 Å². The van der Waals surface area contributed by atoms with Gasteiger partial charge in [-0.05, 0) is 44.1 Å². The minimum Gasteiger partial charge on any atom is -0.467 e. The molecule has 3 heteroatoms. The molecule has 1 aliphatic heterocycles. The number of hydrogen-bond acceptors (Lipinski definition) is 3. The Balaban J connectivity index is 1.71. The highest BCUT2D eigenvalue weighted by Crippen LogP contribution is 2.23. The van der Waals surface area contributed by atoms with Crippen LogP contribution in [0.2, 0.25) is 0 Å². The molecule has 0 radical (unpaired) electrons. The Morgan fingerprint density at radius 2 is 2.05 bits per heavy atom. The van der Waals surface area contributed by atoms with Crippen molar-refractivity contribution < 1.29 is 4.42 Å². The van der Waals surface area contributed by atoms with Crippen LogP contribution in [0.25, 0.3) is 0 Å². The average Bonchev–Trinajstić information content (AvgIpc) is 3.04. The van der Waals surface area contributed by atoms with Gasteiger partial charge in [0.15, 0.2) is 0 Å². The Kier molecular flexibility index (Phi) is 4.73. The number of furan rings is 1. The second-order valence-corrected chi connectivity index (χ2v) is 5.90. The number of piperidine rings is 1. The van der Waals surface area contributed by atoms with E-state index in [0.717, 1.165) is 12.3 Å². The Hall–Kier alpha value is -1.58. The van der Waals surface area contributed by atoms with Crippen molar-refractivity contribution >= 4 is 0 Å². The van der Waals surface area contributed by atoms with Crippen LogP contribution in [0, 0.1) is 0 Å². The molecule has 1 saturated heterocycles. The molecular formula is C18H24N2O. The van der Waals surface area contributed by atoms with Gasteiger partial charge in [0.05, 0.1) is 12.3 Å². The van der Waals surface area contributed by atoms with Gasteiger partial charge < -0.3 is 14.6 Å². The molecule has 0 amide bonds. The van der Waals surface area contributed by atoms with Crippen molar-refractivity contribution in [2.45, 2.75) is 31.3 Å². The van der Waals surface area contributed by atoms with Gasteiger partial charge in [-0.25, -0.2) is 0 Å².